The normalized spacial score (nSPS) is 12.4. The average Bonchev–Trinajstić information content (AvgIpc) is 3.06. The number of fused-ring (bicyclic) bond motifs is 1. The minimum absolute atomic E-state index is 0.00203. The summed E-state index contributed by atoms with van der Waals surface area (Å²) in [6, 6.07) is 22.3. The molecular weight excluding hydrogens is 382 g/mol. The average molecular weight is 401 g/mol. The van der Waals surface area contributed by atoms with Crippen molar-refractivity contribution in [2.75, 3.05) is 10.2 Å². The first-order chi connectivity index (χ1) is 14.0. The van der Waals surface area contributed by atoms with E-state index in [-0.39, 0.29) is 16.9 Å². The zero-order chi connectivity index (χ0) is 20.4. The number of rotatable bonds is 3. The predicted octanol–water partition coefficient (Wildman–Crippen LogP) is 4.28. The summed E-state index contributed by atoms with van der Waals surface area (Å²) in [6.07, 6.45) is 0. The number of hydrogen-bond acceptors (Lipinski definition) is 3. The highest BCUT2D eigenvalue weighted by Crippen LogP contribution is 2.28. The van der Waals surface area contributed by atoms with Crippen LogP contribution in [0.15, 0.2) is 72.8 Å². The van der Waals surface area contributed by atoms with E-state index in [2.05, 4.69) is 10.6 Å². The van der Waals surface area contributed by atoms with Crippen molar-refractivity contribution < 1.29 is 9.59 Å². The number of thiocarbonyl (C=S) groups is 1. The van der Waals surface area contributed by atoms with Crippen LogP contribution in [0, 0.1) is 6.92 Å². The standard InChI is InChI=1S/C23H19N3O2S/c1-15-6-8-16(9-7-15)21(27)25-23(29)24-18-10-12-19(13-11-18)26-14-17-4-2-3-5-20(17)22(26)28/h2-13H,14H2,1H3,(H2,24,25,27,29). The van der Waals surface area contributed by atoms with Gasteiger partial charge in [-0.15, -0.1) is 0 Å². The number of carbonyl (C=O) groups is 2. The smallest absolute Gasteiger partial charge is 0.258 e. The molecule has 0 radical (unpaired) electrons. The summed E-state index contributed by atoms with van der Waals surface area (Å²) in [5.74, 6) is -0.262. The number of nitrogens with one attached hydrogen (secondary N) is 2. The highest BCUT2D eigenvalue weighted by molar-refractivity contribution is 7.80. The van der Waals surface area contributed by atoms with E-state index < -0.39 is 0 Å². The zero-order valence-corrected chi connectivity index (χ0v) is 16.6. The Labute approximate surface area is 174 Å². The van der Waals surface area contributed by atoms with E-state index in [0.29, 0.717) is 12.1 Å². The lowest BCUT2D eigenvalue weighted by molar-refractivity contribution is 0.0974. The Morgan fingerprint density at radius 2 is 1.66 bits per heavy atom. The summed E-state index contributed by atoms with van der Waals surface area (Å²) in [5.41, 5.74) is 4.94. The van der Waals surface area contributed by atoms with Gasteiger partial charge in [-0.25, -0.2) is 0 Å². The molecule has 0 spiro atoms. The van der Waals surface area contributed by atoms with Crippen molar-refractivity contribution in [3.63, 3.8) is 0 Å². The molecule has 0 unspecified atom stereocenters. The molecule has 3 aromatic rings. The van der Waals surface area contributed by atoms with Crippen LogP contribution in [0.4, 0.5) is 11.4 Å². The number of amides is 2. The maximum absolute atomic E-state index is 12.6. The SMILES string of the molecule is Cc1ccc(C(=O)NC(=S)Nc2ccc(N3Cc4ccccc4C3=O)cc2)cc1. The van der Waals surface area contributed by atoms with Crippen molar-refractivity contribution >= 4 is 40.5 Å². The van der Waals surface area contributed by atoms with Gasteiger partial charge in [-0.3, -0.25) is 14.9 Å². The Bertz CT molecular complexity index is 1090. The first kappa shape index (κ1) is 18.8. The summed E-state index contributed by atoms with van der Waals surface area (Å²) in [7, 11) is 0. The van der Waals surface area contributed by atoms with E-state index in [1.165, 1.54) is 0 Å². The number of carbonyl (C=O) groups excluding carboxylic acids is 2. The van der Waals surface area contributed by atoms with Gasteiger partial charge in [0.05, 0.1) is 6.54 Å². The summed E-state index contributed by atoms with van der Waals surface area (Å²) < 4.78 is 0. The van der Waals surface area contributed by atoms with Crippen LogP contribution >= 0.6 is 12.2 Å². The Kier molecular flexibility index (Phi) is 5.10. The lowest BCUT2D eigenvalue weighted by Crippen LogP contribution is -2.34. The quantitative estimate of drug-likeness (QED) is 0.643. The molecule has 4 rings (SSSR count). The molecule has 2 amide bonds. The van der Waals surface area contributed by atoms with Crippen LogP contribution in [-0.2, 0) is 6.54 Å². The van der Waals surface area contributed by atoms with E-state index in [1.807, 2.05) is 67.6 Å². The van der Waals surface area contributed by atoms with Gasteiger partial charge in [-0.05, 0) is 67.2 Å². The van der Waals surface area contributed by atoms with Gasteiger partial charge in [-0.2, -0.15) is 0 Å². The molecule has 0 atom stereocenters. The van der Waals surface area contributed by atoms with Crippen molar-refractivity contribution in [1.29, 1.82) is 0 Å². The van der Waals surface area contributed by atoms with Crippen LogP contribution in [-0.4, -0.2) is 16.9 Å². The number of hydrogen-bond donors (Lipinski definition) is 2. The van der Waals surface area contributed by atoms with E-state index in [1.54, 1.807) is 17.0 Å². The van der Waals surface area contributed by atoms with Gasteiger partial charge in [0.1, 0.15) is 0 Å². The molecule has 3 aromatic carbocycles. The zero-order valence-electron chi connectivity index (χ0n) is 15.8. The topological polar surface area (TPSA) is 61.4 Å². The van der Waals surface area contributed by atoms with E-state index in [0.717, 1.165) is 28.1 Å². The van der Waals surface area contributed by atoms with Crippen molar-refractivity contribution in [2.45, 2.75) is 13.5 Å². The van der Waals surface area contributed by atoms with Crippen LogP contribution in [0.25, 0.3) is 0 Å². The van der Waals surface area contributed by atoms with E-state index >= 15 is 0 Å². The number of aryl methyl sites for hydroxylation is 1. The van der Waals surface area contributed by atoms with E-state index in [4.69, 9.17) is 12.2 Å². The Hall–Kier alpha value is -3.51. The van der Waals surface area contributed by atoms with Crippen molar-refractivity contribution in [1.82, 2.24) is 5.32 Å². The van der Waals surface area contributed by atoms with Crippen molar-refractivity contribution in [3.05, 3.63) is 95.1 Å². The summed E-state index contributed by atoms with van der Waals surface area (Å²) in [6.45, 7) is 2.53. The first-order valence-electron chi connectivity index (χ1n) is 9.20. The third kappa shape index (κ3) is 4.02. The van der Waals surface area contributed by atoms with Gasteiger partial charge < -0.3 is 10.2 Å². The second-order valence-electron chi connectivity index (χ2n) is 6.87. The molecule has 2 N–H and O–H groups in total. The second kappa shape index (κ2) is 7.85. The van der Waals surface area contributed by atoms with Gasteiger partial charge in [0.2, 0.25) is 0 Å². The fourth-order valence-corrected chi connectivity index (χ4v) is 3.44. The van der Waals surface area contributed by atoms with Crippen LogP contribution < -0.4 is 15.5 Å². The van der Waals surface area contributed by atoms with Crippen molar-refractivity contribution in [2.24, 2.45) is 0 Å². The highest BCUT2D eigenvalue weighted by atomic mass is 32.1. The monoisotopic (exact) mass is 401 g/mol. The molecule has 6 heteroatoms. The molecule has 0 aliphatic carbocycles. The number of anilines is 2. The van der Waals surface area contributed by atoms with Gasteiger partial charge in [0.15, 0.2) is 5.11 Å². The molecule has 0 bridgehead atoms. The molecule has 0 saturated carbocycles. The molecule has 0 saturated heterocycles. The molecular formula is C23H19N3O2S. The molecule has 1 heterocycles. The van der Waals surface area contributed by atoms with Crippen LogP contribution in [0.5, 0.6) is 0 Å². The summed E-state index contributed by atoms with van der Waals surface area (Å²) in [4.78, 5) is 26.6. The minimum Gasteiger partial charge on any atom is -0.332 e. The molecule has 1 aliphatic heterocycles. The predicted molar refractivity (Wildman–Crippen MR) is 118 cm³/mol. The molecule has 0 fully saturated rings. The van der Waals surface area contributed by atoms with E-state index in [9.17, 15) is 9.59 Å². The Balaban J connectivity index is 1.38. The third-order valence-electron chi connectivity index (χ3n) is 4.80. The molecule has 144 valence electrons. The Morgan fingerprint density at radius 3 is 2.34 bits per heavy atom. The van der Waals surface area contributed by atoms with Crippen LogP contribution in [0.1, 0.15) is 31.8 Å². The fourth-order valence-electron chi connectivity index (χ4n) is 3.23. The largest absolute Gasteiger partial charge is 0.332 e. The number of nitrogens with zero attached hydrogens (tertiary/aromatic N) is 1. The summed E-state index contributed by atoms with van der Waals surface area (Å²) in [5, 5.41) is 5.88. The van der Waals surface area contributed by atoms with Crippen LogP contribution in [0.3, 0.4) is 0 Å². The third-order valence-corrected chi connectivity index (χ3v) is 5.00. The lowest BCUT2D eigenvalue weighted by atomic mass is 10.1. The lowest BCUT2D eigenvalue weighted by Gasteiger charge is -2.16. The fraction of sp³-hybridized carbons (Fsp3) is 0.0870. The minimum atomic E-state index is -0.264. The number of benzene rings is 3. The Morgan fingerprint density at radius 1 is 0.966 bits per heavy atom. The highest BCUT2D eigenvalue weighted by Gasteiger charge is 2.27. The molecule has 1 aliphatic rings. The van der Waals surface area contributed by atoms with Gasteiger partial charge in [-0.1, -0.05) is 35.9 Å². The molecule has 0 aromatic heterocycles. The van der Waals surface area contributed by atoms with Crippen molar-refractivity contribution in [3.8, 4) is 0 Å². The maximum Gasteiger partial charge on any atom is 0.258 e. The molecule has 29 heavy (non-hydrogen) atoms. The molecule has 5 nitrogen and oxygen atoms in total. The van der Waals surface area contributed by atoms with Gasteiger partial charge in [0.25, 0.3) is 11.8 Å². The van der Waals surface area contributed by atoms with Gasteiger partial charge >= 0.3 is 0 Å². The summed E-state index contributed by atoms with van der Waals surface area (Å²) >= 11 is 5.24. The maximum atomic E-state index is 12.6. The first-order valence-corrected chi connectivity index (χ1v) is 9.61. The van der Waals surface area contributed by atoms with Crippen LogP contribution in [0.2, 0.25) is 0 Å². The second-order valence-corrected chi connectivity index (χ2v) is 7.28. The van der Waals surface area contributed by atoms with Gasteiger partial charge in [0, 0.05) is 22.5 Å².